The summed E-state index contributed by atoms with van der Waals surface area (Å²) in [6.45, 7) is 6.68. The van der Waals surface area contributed by atoms with Crippen LogP contribution < -0.4 is 0 Å². The molecule has 0 saturated carbocycles. The molecule has 1 N–H and O–H groups in total. The smallest absolute Gasteiger partial charge is 0.303 e. The number of nitrogens with zero attached hydrogens (tertiary/aromatic N) is 4. The van der Waals surface area contributed by atoms with E-state index in [1.807, 2.05) is 55.8 Å². The molecule has 1 amide bonds. The van der Waals surface area contributed by atoms with E-state index in [9.17, 15) is 9.59 Å². The zero-order valence-corrected chi connectivity index (χ0v) is 17.0. The quantitative estimate of drug-likeness (QED) is 0.627. The van der Waals surface area contributed by atoms with Gasteiger partial charge >= 0.3 is 5.97 Å². The zero-order valence-electron chi connectivity index (χ0n) is 17.0. The van der Waals surface area contributed by atoms with E-state index in [2.05, 4.69) is 10.1 Å². The lowest BCUT2D eigenvalue weighted by molar-refractivity contribution is -0.137. The van der Waals surface area contributed by atoms with Crippen LogP contribution in [0.4, 0.5) is 0 Å². The van der Waals surface area contributed by atoms with Gasteiger partial charge in [0.2, 0.25) is 0 Å². The van der Waals surface area contributed by atoms with Crippen LogP contribution in [0.15, 0.2) is 42.6 Å². The zero-order chi connectivity index (χ0) is 21.0. The van der Waals surface area contributed by atoms with Crippen molar-refractivity contribution in [2.75, 3.05) is 6.54 Å². The highest BCUT2D eigenvalue weighted by atomic mass is 16.4. The lowest BCUT2D eigenvalue weighted by Gasteiger charge is -2.23. The van der Waals surface area contributed by atoms with E-state index >= 15 is 0 Å². The first-order valence-corrected chi connectivity index (χ1v) is 9.76. The van der Waals surface area contributed by atoms with Crippen molar-refractivity contribution in [3.05, 3.63) is 59.4 Å². The Morgan fingerprint density at radius 3 is 2.59 bits per heavy atom. The summed E-state index contributed by atoms with van der Waals surface area (Å²) in [5.74, 6) is -1.00. The fourth-order valence-electron chi connectivity index (χ4n) is 3.35. The first kappa shape index (κ1) is 20.5. The van der Waals surface area contributed by atoms with Gasteiger partial charge in [0.15, 0.2) is 5.65 Å². The van der Waals surface area contributed by atoms with Crippen LogP contribution in [-0.2, 0) is 11.3 Å². The highest BCUT2D eigenvalue weighted by Gasteiger charge is 2.22. The minimum absolute atomic E-state index is 0.0225. The topological polar surface area (TPSA) is 88.3 Å². The predicted octanol–water partition coefficient (Wildman–Crippen LogP) is 3.83. The van der Waals surface area contributed by atoms with E-state index in [-0.39, 0.29) is 18.4 Å². The average molecular weight is 394 g/mol. The van der Waals surface area contributed by atoms with Crippen molar-refractivity contribution < 1.29 is 14.7 Å². The van der Waals surface area contributed by atoms with Gasteiger partial charge in [-0.1, -0.05) is 30.3 Å². The normalized spacial score (nSPS) is 11.2. The van der Waals surface area contributed by atoms with Gasteiger partial charge in [-0.25, -0.2) is 9.67 Å². The molecular weight excluding hydrogens is 368 g/mol. The molecule has 0 saturated heterocycles. The van der Waals surface area contributed by atoms with Gasteiger partial charge in [-0.3, -0.25) is 9.59 Å². The van der Waals surface area contributed by atoms with Gasteiger partial charge < -0.3 is 10.0 Å². The molecule has 7 nitrogen and oxygen atoms in total. The molecule has 152 valence electrons. The lowest BCUT2D eigenvalue weighted by atomic mass is 10.1. The van der Waals surface area contributed by atoms with Gasteiger partial charge in [0.25, 0.3) is 5.91 Å². The van der Waals surface area contributed by atoms with E-state index in [0.29, 0.717) is 36.1 Å². The number of aromatic nitrogens is 3. The van der Waals surface area contributed by atoms with Crippen molar-refractivity contribution in [3.8, 4) is 0 Å². The number of pyridine rings is 1. The van der Waals surface area contributed by atoms with Crippen LogP contribution in [0.2, 0.25) is 0 Å². The van der Waals surface area contributed by atoms with Crippen LogP contribution in [0, 0.1) is 6.92 Å². The highest BCUT2D eigenvalue weighted by molar-refractivity contribution is 6.05. The molecule has 0 aliphatic heterocycles. The second-order valence-corrected chi connectivity index (χ2v) is 7.44. The third kappa shape index (κ3) is 4.80. The minimum Gasteiger partial charge on any atom is -0.481 e. The number of benzene rings is 1. The molecule has 0 unspecified atom stereocenters. The van der Waals surface area contributed by atoms with Crippen molar-refractivity contribution >= 4 is 22.9 Å². The van der Waals surface area contributed by atoms with E-state index < -0.39 is 5.97 Å². The van der Waals surface area contributed by atoms with Gasteiger partial charge in [0.1, 0.15) is 0 Å². The second-order valence-electron chi connectivity index (χ2n) is 7.44. The number of carbonyl (C=O) groups excluding carboxylic acids is 1. The summed E-state index contributed by atoms with van der Waals surface area (Å²) in [4.78, 5) is 30.7. The number of carboxylic acid groups (broad SMARTS) is 1. The Kier molecular flexibility index (Phi) is 6.26. The summed E-state index contributed by atoms with van der Waals surface area (Å²) in [6, 6.07) is 11.6. The summed E-state index contributed by atoms with van der Waals surface area (Å²) >= 11 is 0. The summed E-state index contributed by atoms with van der Waals surface area (Å²) < 4.78 is 1.81. The summed E-state index contributed by atoms with van der Waals surface area (Å²) in [6.07, 6.45) is 2.11. The third-order valence-corrected chi connectivity index (χ3v) is 4.74. The van der Waals surface area contributed by atoms with E-state index in [1.54, 1.807) is 17.2 Å². The summed E-state index contributed by atoms with van der Waals surface area (Å²) in [5, 5.41) is 14.1. The lowest BCUT2D eigenvalue weighted by Crippen LogP contribution is -2.32. The van der Waals surface area contributed by atoms with Gasteiger partial charge in [-0.05, 0) is 38.8 Å². The van der Waals surface area contributed by atoms with Crippen molar-refractivity contribution in [2.24, 2.45) is 0 Å². The number of carboxylic acids is 1. The molecule has 0 bridgehead atoms. The Morgan fingerprint density at radius 2 is 1.93 bits per heavy atom. The molecule has 2 aromatic heterocycles. The molecule has 3 rings (SSSR count). The maximum absolute atomic E-state index is 13.5. The minimum atomic E-state index is -0.863. The van der Waals surface area contributed by atoms with Crippen molar-refractivity contribution in [1.29, 1.82) is 0 Å². The molecule has 0 atom stereocenters. The van der Waals surface area contributed by atoms with E-state index in [1.165, 1.54) is 0 Å². The molecule has 2 heterocycles. The largest absolute Gasteiger partial charge is 0.481 e. The van der Waals surface area contributed by atoms with Crippen LogP contribution in [0.25, 0.3) is 11.0 Å². The first-order chi connectivity index (χ1) is 13.9. The Balaban J connectivity index is 1.97. The van der Waals surface area contributed by atoms with Gasteiger partial charge in [-0.2, -0.15) is 5.10 Å². The Bertz CT molecular complexity index is 1010. The van der Waals surface area contributed by atoms with Gasteiger partial charge in [0, 0.05) is 31.2 Å². The first-order valence-electron chi connectivity index (χ1n) is 9.76. The number of amides is 1. The molecule has 0 aliphatic carbocycles. The van der Waals surface area contributed by atoms with Crippen molar-refractivity contribution in [1.82, 2.24) is 19.7 Å². The summed E-state index contributed by atoms with van der Waals surface area (Å²) in [5.41, 5.74) is 2.98. The number of fused-ring (bicyclic) bond motifs is 1. The number of hydrogen-bond donors (Lipinski definition) is 1. The van der Waals surface area contributed by atoms with Crippen LogP contribution in [0.1, 0.15) is 54.3 Å². The van der Waals surface area contributed by atoms with Crippen molar-refractivity contribution in [3.63, 3.8) is 0 Å². The molecule has 1 aromatic carbocycles. The van der Waals surface area contributed by atoms with Crippen LogP contribution in [0.5, 0.6) is 0 Å². The molecule has 0 fully saturated rings. The third-order valence-electron chi connectivity index (χ3n) is 4.74. The van der Waals surface area contributed by atoms with Crippen LogP contribution in [0.3, 0.4) is 0 Å². The van der Waals surface area contributed by atoms with E-state index in [0.717, 1.165) is 11.3 Å². The van der Waals surface area contributed by atoms with Crippen molar-refractivity contribution in [2.45, 2.75) is 46.2 Å². The maximum Gasteiger partial charge on any atom is 0.303 e. The maximum atomic E-state index is 13.5. The fourth-order valence-corrected chi connectivity index (χ4v) is 3.35. The SMILES string of the molecule is Cc1cc(C(=O)N(CCCC(=O)O)Cc2ccccc2)c2cnn(C(C)C)c2n1. The number of hydrogen-bond acceptors (Lipinski definition) is 4. The standard InChI is InChI=1S/C22H26N4O3/c1-15(2)26-21-19(13-23-26)18(12-16(3)24-21)22(29)25(11-7-10-20(27)28)14-17-8-5-4-6-9-17/h4-6,8-9,12-13,15H,7,10-11,14H2,1-3H3,(H,27,28). The molecule has 0 aliphatic rings. The van der Waals surface area contributed by atoms with Gasteiger partial charge in [-0.15, -0.1) is 0 Å². The Hall–Kier alpha value is -3.22. The molecule has 29 heavy (non-hydrogen) atoms. The molecule has 3 aromatic rings. The Morgan fingerprint density at radius 1 is 1.21 bits per heavy atom. The fraction of sp³-hybridized carbons (Fsp3) is 0.364. The predicted molar refractivity (Wildman–Crippen MR) is 111 cm³/mol. The Labute approximate surface area is 170 Å². The van der Waals surface area contributed by atoms with Gasteiger partial charge in [0.05, 0.1) is 17.1 Å². The van der Waals surface area contributed by atoms with Crippen LogP contribution in [-0.4, -0.2) is 43.2 Å². The molecular formula is C22H26N4O3. The highest BCUT2D eigenvalue weighted by Crippen LogP contribution is 2.23. The van der Waals surface area contributed by atoms with Crippen LogP contribution >= 0.6 is 0 Å². The number of aryl methyl sites for hydroxylation is 1. The number of carbonyl (C=O) groups is 2. The molecule has 0 radical (unpaired) electrons. The average Bonchev–Trinajstić information content (AvgIpc) is 3.10. The molecule has 7 heteroatoms. The van der Waals surface area contributed by atoms with E-state index in [4.69, 9.17) is 5.11 Å². The molecule has 0 spiro atoms. The second kappa shape index (κ2) is 8.86. The monoisotopic (exact) mass is 394 g/mol. The summed E-state index contributed by atoms with van der Waals surface area (Å²) in [7, 11) is 0. The number of aliphatic carboxylic acids is 1. The number of rotatable bonds is 8.